The van der Waals surface area contributed by atoms with E-state index in [4.69, 9.17) is 0 Å². The van der Waals surface area contributed by atoms with Gasteiger partial charge in [-0.05, 0) is 37.3 Å². The molecule has 3 aromatic heterocycles. The molecular formula is C19H16N6O. The average Bonchev–Trinajstić information content (AvgIpc) is 3.31. The van der Waals surface area contributed by atoms with E-state index in [2.05, 4.69) is 25.6 Å². The van der Waals surface area contributed by atoms with Crippen LogP contribution in [0.15, 0.2) is 67.1 Å². The minimum Gasteiger partial charge on any atom is -0.303 e. The number of hydrogen-bond acceptors (Lipinski definition) is 4. The summed E-state index contributed by atoms with van der Waals surface area (Å²) in [5.74, 6) is 0.173. The van der Waals surface area contributed by atoms with Gasteiger partial charge < -0.3 is 5.32 Å². The van der Waals surface area contributed by atoms with Gasteiger partial charge in [0.2, 0.25) is 0 Å². The third-order valence-electron chi connectivity index (χ3n) is 4.05. The van der Waals surface area contributed by atoms with E-state index in [0.29, 0.717) is 11.5 Å². The van der Waals surface area contributed by atoms with Gasteiger partial charge in [-0.2, -0.15) is 10.2 Å². The van der Waals surface area contributed by atoms with Crippen molar-refractivity contribution < 1.29 is 4.79 Å². The molecule has 0 saturated heterocycles. The molecule has 0 unspecified atom stereocenters. The highest BCUT2D eigenvalue weighted by atomic mass is 16.2. The van der Waals surface area contributed by atoms with Crippen molar-refractivity contribution in [3.63, 3.8) is 0 Å². The number of amides is 1. The lowest BCUT2D eigenvalue weighted by atomic mass is 10.1. The van der Waals surface area contributed by atoms with Gasteiger partial charge in [0, 0.05) is 29.7 Å². The molecule has 0 bridgehead atoms. The normalized spacial score (nSPS) is 10.7. The SMILES string of the molecule is Cc1c(NC(=O)c2ccn(-c3ccccc3)n2)n[nH]c1-c1ccncc1. The Hall–Kier alpha value is -3.74. The molecule has 0 atom stereocenters. The number of H-pyrrole nitrogens is 1. The standard InChI is InChI=1S/C19H16N6O/c1-13-17(14-7-10-20-11-8-14)22-23-18(13)21-19(26)16-9-12-25(24-16)15-5-3-2-4-6-15/h2-12H,1H3,(H2,21,22,23,26). The Bertz CT molecular complexity index is 1040. The minimum atomic E-state index is -0.310. The number of aromatic amines is 1. The Morgan fingerprint density at radius 1 is 1.08 bits per heavy atom. The molecular weight excluding hydrogens is 328 g/mol. The second-order valence-corrected chi connectivity index (χ2v) is 5.74. The Balaban J connectivity index is 1.54. The number of rotatable bonds is 4. The van der Waals surface area contributed by atoms with Gasteiger partial charge in [0.15, 0.2) is 11.5 Å². The predicted molar refractivity (Wildman–Crippen MR) is 98.1 cm³/mol. The number of hydrogen-bond donors (Lipinski definition) is 2. The van der Waals surface area contributed by atoms with Gasteiger partial charge in [-0.3, -0.25) is 14.9 Å². The monoisotopic (exact) mass is 344 g/mol. The summed E-state index contributed by atoms with van der Waals surface area (Å²) >= 11 is 0. The van der Waals surface area contributed by atoms with Crippen LogP contribution in [0, 0.1) is 6.92 Å². The van der Waals surface area contributed by atoms with E-state index in [-0.39, 0.29) is 5.91 Å². The van der Waals surface area contributed by atoms with Crippen molar-refractivity contribution in [2.75, 3.05) is 5.32 Å². The topological polar surface area (TPSA) is 88.5 Å². The summed E-state index contributed by atoms with van der Waals surface area (Å²) in [6, 6.07) is 15.1. The summed E-state index contributed by atoms with van der Waals surface area (Å²) < 4.78 is 1.66. The lowest BCUT2D eigenvalue weighted by Crippen LogP contribution is -2.14. The van der Waals surface area contributed by atoms with Gasteiger partial charge in [0.1, 0.15) is 0 Å². The molecule has 7 nitrogen and oxygen atoms in total. The van der Waals surface area contributed by atoms with Gasteiger partial charge in [-0.15, -0.1) is 0 Å². The maximum Gasteiger partial charge on any atom is 0.277 e. The van der Waals surface area contributed by atoms with Crippen molar-refractivity contribution in [1.82, 2.24) is 25.0 Å². The fourth-order valence-electron chi connectivity index (χ4n) is 2.66. The summed E-state index contributed by atoms with van der Waals surface area (Å²) in [6.07, 6.45) is 5.18. The number of para-hydroxylation sites is 1. The molecule has 3 heterocycles. The molecule has 4 rings (SSSR count). The van der Waals surface area contributed by atoms with E-state index < -0.39 is 0 Å². The number of carbonyl (C=O) groups is 1. The van der Waals surface area contributed by atoms with E-state index in [9.17, 15) is 4.79 Å². The van der Waals surface area contributed by atoms with Crippen molar-refractivity contribution >= 4 is 11.7 Å². The van der Waals surface area contributed by atoms with Crippen LogP contribution in [0.4, 0.5) is 5.82 Å². The second-order valence-electron chi connectivity index (χ2n) is 5.74. The molecule has 128 valence electrons. The molecule has 1 amide bonds. The third kappa shape index (κ3) is 2.98. The molecule has 0 aliphatic carbocycles. The summed E-state index contributed by atoms with van der Waals surface area (Å²) in [7, 11) is 0. The van der Waals surface area contributed by atoms with Crippen LogP contribution in [0.25, 0.3) is 16.9 Å². The summed E-state index contributed by atoms with van der Waals surface area (Å²) in [4.78, 5) is 16.5. The first-order valence-corrected chi connectivity index (χ1v) is 8.10. The Kier molecular flexibility index (Phi) is 4.03. The average molecular weight is 344 g/mol. The molecule has 26 heavy (non-hydrogen) atoms. The fraction of sp³-hybridized carbons (Fsp3) is 0.0526. The summed E-state index contributed by atoms with van der Waals surface area (Å²) in [5, 5.41) is 14.3. The Labute approximate surface area is 149 Å². The van der Waals surface area contributed by atoms with Crippen LogP contribution in [0.5, 0.6) is 0 Å². The van der Waals surface area contributed by atoms with Crippen LogP contribution in [0.2, 0.25) is 0 Å². The number of benzene rings is 1. The van der Waals surface area contributed by atoms with Gasteiger partial charge in [-0.25, -0.2) is 4.68 Å². The molecule has 0 saturated carbocycles. The Morgan fingerprint density at radius 2 is 1.85 bits per heavy atom. The summed E-state index contributed by atoms with van der Waals surface area (Å²) in [6.45, 7) is 1.90. The van der Waals surface area contributed by atoms with Gasteiger partial charge in [0.05, 0.1) is 11.4 Å². The van der Waals surface area contributed by atoms with Gasteiger partial charge >= 0.3 is 0 Å². The van der Waals surface area contributed by atoms with Crippen LogP contribution in [-0.2, 0) is 0 Å². The quantitative estimate of drug-likeness (QED) is 0.595. The molecule has 7 heteroatoms. The van der Waals surface area contributed by atoms with Crippen LogP contribution in [-0.4, -0.2) is 30.9 Å². The largest absolute Gasteiger partial charge is 0.303 e. The maximum atomic E-state index is 12.5. The second kappa shape index (κ2) is 6.64. The smallest absolute Gasteiger partial charge is 0.277 e. The highest BCUT2D eigenvalue weighted by Gasteiger charge is 2.16. The molecule has 2 N–H and O–H groups in total. The molecule has 0 spiro atoms. The highest BCUT2D eigenvalue weighted by molar-refractivity contribution is 6.03. The molecule has 4 aromatic rings. The van der Waals surface area contributed by atoms with Crippen molar-refractivity contribution in [3.05, 3.63) is 78.4 Å². The van der Waals surface area contributed by atoms with Crippen molar-refractivity contribution in [3.8, 4) is 16.9 Å². The lowest BCUT2D eigenvalue weighted by Gasteiger charge is -2.02. The van der Waals surface area contributed by atoms with Crippen LogP contribution < -0.4 is 5.32 Å². The number of anilines is 1. The van der Waals surface area contributed by atoms with E-state index in [1.807, 2.05) is 49.4 Å². The van der Waals surface area contributed by atoms with Crippen LogP contribution in [0.3, 0.4) is 0 Å². The van der Waals surface area contributed by atoms with Gasteiger partial charge in [0.25, 0.3) is 5.91 Å². The van der Waals surface area contributed by atoms with E-state index in [1.54, 1.807) is 29.3 Å². The zero-order valence-corrected chi connectivity index (χ0v) is 14.0. The molecule has 0 fully saturated rings. The van der Waals surface area contributed by atoms with Crippen molar-refractivity contribution in [1.29, 1.82) is 0 Å². The number of pyridine rings is 1. The zero-order chi connectivity index (χ0) is 17.9. The number of nitrogens with one attached hydrogen (secondary N) is 2. The first-order valence-electron chi connectivity index (χ1n) is 8.10. The van der Waals surface area contributed by atoms with Crippen molar-refractivity contribution in [2.24, 2.45) is 0 Å². The molecule has 0 aliphatic heterocycles. The molecule has 0 aliphatic rings. The van der Waals surface area contributed by atoms with E-state index in [0.717, 1.165) is 22.5 Å². The van der Waals surface area contributed by atoms with Gasteiger partial charge in [-0.1, -0.05) is 18.2 Å². The van der Waals surface area contributed by atoms with Crippen molar-refractivity contribution in [2.45, 2.75) is 6.92 Å². The van der Waals surface area contributed by atoms with E-state index in [1.165, 1.54) is 0 Å². The predicted octanol–water partition coefficient (Wildman–Crippen LogP) is 3.22. The zero-order valence-electron chi connectivity index (χ0n) is 14.0. The van der Waals surface area contributed by atoms with Crippen LogP contribution >= 0.6 is 0 Å². The summed E-state index contributed by atoms with van der Waals surface area (Å²) in [5.41, 5.74) is 3.87. The highest BCUT2D eigenvalue weighted by Crippen LogP contribution is 2.25. The third-order valence-corrected chi connectivity index (χ3v) is 4.05. The minimum absolute atomic E-state index is 0.310. The van der Waals surface area contributed by atoms with E-state index >= 15 is 0 Å². The lowest BCUT2D eigenvalue weighted by molar-refractivity contribution is 0.102. The molecule has 0 radical (unpaired) electrons. The Morgan fingerprint density at radius 3 is 2.62 bits per heavy atom. The first-order chi connectivity index (χ1) is 12.7. The number of nitrogens with zero attached hydrogens (tertiary/aromatic N) is 4. The number of aromatic nitrogens is 5. The van der Waals surface area contributed by atoms with Crippen LogP contribution in [0.1, 0.15) is 16.1 Å². The first kappa shape index (κ1) is 15.8. The fourth-order valence-corrected chi connectivity index (χ4v) is 2.66. The molecule has 1 aromatic carbocycles. The maximum absolute atomic E-state index is 12.5. The number of carbonyl (C=O) groups excluding carboxylic acids is 1.